The Kier molecular flexibility index (Phi) is 6.36. The Morgan fingerprint density at radius 3 is 2.60 bits per heavy atom. The molecule has 1 amide bonds. The van der Waals surface area contributed by atoms with Gasteiger partial charge in [-0.05, 0) is 66.4 Å². The Bertz CT molecular complexity index is 800. The van der Waals surface area contributed by atoms with Gasteiger partial charge in [0.2, 0.25) is 0 Å². The smallest absolute Gasteiger partial charge is 0.411 e. The third-order valence-electron chi connectivity index (χ3n) is 5.68. The lowest BCUT2D eigenvalue weighted by atomic mass is 9.99. The van der Waals surface area contributed by atoms with E-state index in [0.29, 0.717) is 12.8 Å². The quantitative estimate of drug-likeness (QED) is 0.685. The molecule has 0 saturated carbocycles. The SMILES string of the molecule is CC(C)(C)OC(=O)N1[C@@H]([C@H](O)c2cccc(N=NN3CCCC3)c2F)CCC1(C)C. The fourth-order valence-corrected chi connectivity index (χ4v) is 4.14. The van der Waals surface area contributed by atoms with Crippen molar-refractivity contribution < 1.29 is 19.0 Å². The summed E-state index contributed by atoms with van der Waals surface area (Å²) in [5.41, 5.74) is -0.965. The van der Waals surface area contributed by atoms with E-state index in [4.69, 9.17) is 4.74 Å². The zero-order valence-corrected chi connectivity index (χ0v) is 18.6. The molecule has 1 aromatic rings. The van der Waals surface area contributed by atoms with Gasteiger partial charge in [-0.3, -0.25) is 9.91 Å². The Morgan fingerprint density at radius 1 is 1.30 bits per heavy atom. The maximum Gasteiger partial charge on any atom is 0.411 e. The zero-order chi connectivity index (χ0) is 22.1. The van der Waals surface area contributed by atoms with Crippen LogP contribution in [0.15, 0.2) is 28.5 Å². The number of likely N-dealkylation sites (tertiary alicyclic amines) is 1. The van der Waals surface area contributed by atoms with Gasteiger partial charge >= 0.3 is 6.09 Å². The van der Waals surface area contributed by atoms with Crippen molar-refractivity contribution in [1.82, 2.24) is 9.91 Å². The second-order valence-corrected chi connectivity index (χ2v) is 9.74. The number of aliphatic hydroxyl groups excluding tert-OH is 1. The van der Waals surface area contributed by atoms with E-state index in [9.17, 15) is 9.90 Å². The molecule has 0 aliphatic carbocycles. The van der Waals surface area contributed by atoms with Crippen LogP contribution in [-0.4, -0.2) is 51.4 Å². The highest BCUT2D eigenvalue weighted by molar-refractivity contribution is 5.70. The van der Waals surface area contributed by atoms with Crippen molar-refractivity contribution in [2.75, 3.05) is 13.1 Å². The summed E-state index contributed by atoms with van der Waals surface area (Å²) in [6, 6.07) is 4.14. The topological polar surface area (TPSA) is 77.7 Å². The lowest BCUT2D eigenvalue weighted by Gasteiger charge is -2.38. The van der Waals surface area contributed by atoms with Gasteiger partial charge in [0.25, 0.3) is 0 Å². The highest BCUT2D eigenvalue weighted by Crippen LogP contribution is 2.41. The molecule has 30 heavy (non-hydrogen) atoms. The molecule has 0 spiro atoms. The standard InChI is InChI=1S/C22H33FN4O3/c1-21(2,3)30-20(29)27-17(11-12-22(27,4)5)19(28)15-9-8-10-16(18(15)23)24-25-26-13-6-7-14-26/h8-10,17,19,28H,6-7,11-14H2,1-5H3/t17-,19-/m1/s1. The Morgan fingerprint density at radius 2 is 1.97 bits per heavy atom. The largest absolute Gasteiger partial charge is 0.444 e. The summed E-state index contributed by atoms with van der Waals surface area (Å²) < 4.78 is 20.7. The van der Waals surface area contributed by atoms with Gasteiger partial charge in [-0.15, -0.1) is 5.11 Å². The Balaban J connectivity index is 1.84. The van der Waals surface area contributed by atoms with E-state index in [2.05, 4.69) is 10.3 Å². The molecule has 0 bridgehead atoms. The van der Waals surface area contributed by atoms with Crippen molar-refractivity contribution >= 4 is 11.8 Å². The molecule has 0 radical (unpaired) electrons. The van der Waals surface area contributed by atoms with E-state index < -0.39 is 35.2 Å². The van der Waals surface area contributed by atoms with Crippen molar-refractivity contribution in [1.29, 1.82) is 0 Å². The molecule has 0 aromatic heterocycles. The first-order valence-electron chi connectivity index (χ1n) is 10.6. The highest BCUT2D eigenvalue weighted by atomic mass is 19.1. The van der Waals surface area contributed by atoms with Crippen LogP contribution in [0.4, 0.5) is 14.9 Å². The number of benzene rings is 1. The lowest BCUT2D eigenvalue weighted by molar-refractivity contribution is -0.0172. The number of aliphatic hydroxyl groups is 1. The molecular weight excluding hydrogens is 387 g/mol. The number of nitrogens with zero attached hydrogens (tertiary/aromatic N) is 4. The Hall–Kier alpha value is -2.22. The van der Waals surface area contributed by atoms with Gasteiger partial charge in [0, 0.05) is 24.2 Å². The maximum atomic E-state index is 15.2. The molecule has 1 aromatic carbocycles. The van der Waals surface area contributed by atoms with Crippen LogP contribution in [0.1, 0.15) is 72.0 Å². The normalized spacial score (nSPS) is 22.7. The minimum atomic E-state index is -1.19. The van der Waals surface area contributed by atoms with Crippen molar-refractivity contribution in [3.8, 4) is 0 Å². The number of ether oxygens (including phenoxy) is 1. The molecule has 2 aliphatic heterocycles. The first-order chi connectivity index (χ1) is 14.0. The summed E-state index contributed by atoms with van der Waals surface area (Å²) in [6.45, 7) is 10.9. The monoisotopic (exact) mass is 420 g/mol. The number of carbonyl (C=O) groups is 1. The van der Waals surface area contributed by atoms with Crippen LogP contribution >= 0.6 is 0 Å². The molecule has 2 aliphatic rings. The predicted octanol–water partition coefficient (Wildman–Crippen LogP) is 5.13. The molecule has 2 fully saturated rings. The van der Waals surface area contributed by atoms with E-state index in [0.717, 1.165) is 25.9 Å². The van der Waals surface area contributed by atoms with Gasteiger partial charge in [-0.1, -0.05) is 17.4 Å². The van der Waals surface area contributed by atoms with E-state index >= 15 is 4.39 Å². The average Bonchev–Trinajstić information content (AvgIpc) is 3.26. The van der Waals surface area contributed by atoms with Crippen LogP contribution in [0, 0.1) is 5.82 Å². The number of rotatable bonds is 4. The zero-order valence-electron chi connectivity index (χ0n) is 18.6. The molecular formula is C22H33FN4O3. The summed E-state index contributed by atoms with van der Waals surface area (Å²) in [5.74, 6) is -0.609. The van der Waals surface area contributed by atoms with Crippen molar-refractivity contribution in [2.24, 2.45) is 10.3 Å². The van der Waals surface area contributed by atoms with Crippen LogP contribution < -0.4 is 0 Å². The van der Waals surface area contributed by atoms with Crippen molar-refractivity contribution in [3.63, 3.8) is 0 Å². The van der Waals surface area contributed by atoms with Crippen LogP contribution in [0.5, 0.6) is 0 Å². The van der Waals surface area contributed by atoms with E-state index in [1.807, 2.05) is 18.9 Å². The predicted molar refractivity (Wildman–Crippen MR) is 112 cm³/mol. The first kappa shape index (κ1) is 22.5. The van der Waals surface area contributed by atoms with Gasteiger partial charge in [0.1, 0.15) is 17.4 Å². The molecule has 1 N–H and O–H groups in total. The highest BCUT2D eigenvalue weighted by Gasteiger charge is 2.47. The third-order valence-corrected chi connectivity index (χ3v) is 5.68. The molecule has 0 unspecified atom stereocenters. The minimum absolute atomic E-state index is 0.0829. The average molecular weight is 421 g/mol. The van der Waals surface area contributed by atoms with Gasteiger partial charge in [0.15, 0.2) is 5.82 Å². The molecule has 2 atom stereocenters. The number of carbonyl (C=O) groups excluding carboxylic acids is 1. The van der Waals surface area contributed by atoms with E-state index in [1.54, 1.807) is 31.7 Å². The molecule has 2 saturated heterocycles. The molecule has 7 nitrogen and oxygen atoms in total. The Labute approximate surface area is 177 Å². The van der Waals surface area contributed by atoms with Gasteiger partial charge in [-0.25, -0.2) is 9.18 Å². The summed E-state index contributed by atoms with van der Waals surface area (Å²) >= 11 is 0. The van der Waals surface area contributed by atoms with Gasteiger partial charge in [-0.2, -0.15) is 0 Å². The van der Waals surface area contributed by atoms with Crippen LogP contribution in [0.2, 0.25) is 0 Å². The lowest BCUT2D eigenvalue weighted by Crippen LogP contribution is -2.50. The van der Waals surface area contributed by atoms with Crippen LogP contribution in [0.3, 0.4) is 0 Å². The van der Waals surface area contributed by atoms with Crippen LogP contribution in [0.25, 0.3) is 0 Å². The summed E-state index contributed by atoms with van der Waals surface area (Å²) in [7, 11) is 0. The first-order valence-corrected chi connectivity index (χ1v) is 10.6. The number of hydrogen-bond donors (Lipinski definition) is 1. The number of amides is 1. The molecule has 166 valence electrons. The summed E-state index contributed by atoms with van der Waals surface area (Å²) in [5, 5.41) is 21.1. The van der Waals surface area contributed by atoms with Crippen LogP contribution in [-0.2, 0) is 4.74 Å². The molecule has 8 heteroatoms. The van der Waals surface area contributed by atoms with Gasteiger partial charge < -0.3 is 9.84 Å². The number of halogens is 1. The van der Waals surface area contributed by atoms with Gasteiger partial charge in [0.05, 0.1) is 6.04 Å². The van der Waals surface area contributed by atoms with E-state index in [-0.39, 0.29) is 11.3 Å². The maximum absolute atomic E-state index is 15.2. The fourth-order valence-electron chi connectivity index (χ4n) is 4.14. The number of hydrogen-bond acceptors (Lipinski definition) is 5. The second-order valence-electron chi connectivity index (χ2n) is 9.74. The summed E-state index contributed by atoms with van der Waals surface area (Å²) in [6.07, 6.45) is 1.65. The summed E-state index contributed by atoms with van der Waals surface area (Å²) in [4.78, 5) is 14.4. The fraction of sp³-hybridized carbons (Fsp3) is 0.682. The van der Waals surface area contributed by atoms with Crippen molar-refractivity contribution in [3.05, 3.63) is 29.6 Å². The molecule has 2 heterocycles. The molecule has 3 rings (SSSR count). The van der Waals surface area contributed by atoms with E-state index in [1.165, 1.54) is 12.1 Å². The van der Waals surface area contributed by atoms with Crippen molar-refractivity contribution in [2.45, 2.75) is 83.6 Å². The second kappa shape index (κ2) is 8.49. The minimum Gasteiger partial charge on any atom is -0.444 e. The third kappa shape index (κ3) is 4.91.